The first kappa shape index (κ1) is 28.9. The van der Waals surface area contributed by atoms with Gasteiger partial charge in [-0.05, 0) is 79.0 Å². The molecule has 3 aliphatic carbocycles. The number of phenols is 1. The number of ketones is 2. The number of allylic oxidation sites excluding steroid dienone is 3. The Hall–Kier alpha value is -3.23. The lowest BCUT2D eigenvalue weighted by molar-refractivity contribution is -0.224. The minimum Gasteiger partial charge on any atom is -0.506 e. The van der Waals surface area contributed by atoms with E-state index in [1.54, 1.807) is 19.1 Å². The Morgan fingerprint density at radius 1 is 1.10 bits per heavy atom. The average Bonchev–Trinajstić information content (AvgIpc) is 3.06. The molecule has 6 atom stereocenters. The summed E-state index contributed by atoms with van der Waals surface area (Å²) in [6.07, 6.45) is 8.28. The zero-order valence-electron chi connectivity index (χ0n) is 25.6. The number of hydrogen-bond donors (Lipinski definition) is 1. The monoisotopic (exact) mass is 576 g/mol. The summed E-state index contributed by atoms with van der Waals surface area (Å²) in [4.78, 5) is 40.9. The molecule has 0 aromatic heterocycles. The van der Waals surface area contributed by atoms with Crippen LogP contribution in [-0.2, 0) is 25.5 Å². The maximum atomic E-state index is 14.9. The molecule has 3 heterocycles. The van der Waals surface area contributed by atoms with Gasteiger partial charge in [0.05, 0.1) is 23.2 Å². The molecule has 4 bridgehead atoms. The number of hydrogen-bond acceptors (Lipinski definition) is 8. The van der Waals surface area contributed by atoms with Crippen LogP contribution in [0.2, 0.25) is 0 Å². The van der Waals surface area contributed by atoms with Gasteiger partial charge in [0.15, 0.2) is 22.8 Å². The van der Waals surface area contributed by atoms with E-state index in [0.717, 1.165) is 11.9 Å². The highest BCUT2D eigenvalue weighted by atomic mass is 16.6. The maximum Gasteiger partial charge on any atom is 0.180 e. The Morgan fingerprint density at radius 3 is 2.45 bits per heavy atom. The molecule has 42 heavy (non-hydrogen) atoms. The minimum atomic E-state index is -1.53. The van der Waals surface area contributed by atoms with Crippen LogP contribution in [0.1, 0.15) is 82.8 Å². The standard InChI is InChI=1S/C34H40O8/c1-17(2)9-10-20-27-19(12-13-31(4,5)40-27)25(36)23-26(37)24-29(39-8)21-15-22-32(6,7)42-33(30(21)38,14-11-18(3)16-35)34(22,24)41-28(20)23/h9,11-13,16,21-22,24,29,36H,10,14-15H2,1-8H3/b18-11+/t21-,22-,24?,29?,33-,34-/m0/s1. The first-order chi connectivity index (χ1) is 19.7. The largest absolute Gasteiger partial charge is 0.506 e. The Morgan fingerprint density at radius 2 is 1.81 bits per heavy atom. The van der Waals surface area contributed by atoms with E-state index >= 15 is 0 Å². The van der Waals surface area contributed by atoms with Gasteiger partial charge in [0.1, 0.15) is 34.7 Å². The number of aldehydes is 1. The van der Waals surface area contributed by atoms with Crippen molar-refractivity contribution in [1.82, 2.24) is 0 Å². The van der Waals surface area contributed by atoms with E-state index in [9.17, 15) is 19.5 Å². The Bertz CT molecular complexity index is 1510. The summed E-state index contributed by atoms with van der Waals surface area (Å²) in [7, 11) is 1.51. The van der Waals surface area contributed by atoms with Crippen molar-refractivity contribution < 1.29 is 38.4 Å². The summed E-state index contributed by atoms with van der Waals surface area (Å²) in [6, 6.07) is 0. The summed E-state index contributed by atoms with van der Waals surface area (Å²) >= 11 is 0. The molecule has 7 rings (SSSR count). The molecular weight excluding hydrogens is 536 g/mol. The summed E-state index contributed by atoms with van der Waals surface area (Å²) in [5.74, 6) is -1.86. The number of benzene rings is 1. The fraction of sp³-hybridized carbons (Fsp3) is 0.559. The van der Waals surface area contributed by atoms with E-state index < -0.39 is 40.3 Å². The third-order valence-corrected chi connectivity index (χ3v) is 10.0. The fourth-order valence-corrected chi connectivity index (χ4v) is 8.28. The number of aromatic hydroxyl groups is 1. The number of phenolic OH excluding ortho intramolecular Hbond substituents is 1. The van der Waals surface area contributed by atoms with E-state index in [0.29, 0.717) is 35.3 Å². The zero-order valence-corrected chi connectivity index (χ0v) is 25.6. The van der Waals surface area contributed by atoms with Gasteiger partial charge in [-0.1, -0.05) is 17.7 Å². The lowest BCUT2D eigenvalue weighted by Gasteiger charge is -2.62. The first-order valence-electron chi connectivity index (χ1n) is 14.7. The van der Waals surface area contributed by atoms with Crippen molar-refractivity contribution in [3.8, 4) is 17.2 Å². The Balaban J connectivity index is 1.68. The molecule has 0 amide bonds. The predicted molar refractivity (Wildman–Crippen MR) is 156 cm³/mol. The molecule has 1 spiro atoms. The van der Waals surface area contributed by atoms with E-state index in [4.69, 9.17) is 18.9 Å². The number of fused-ring (bicyclic) bond motifs is 2. The number of methoxy groups -OCH3 is 1. The van der Waals surface area contributed by atoms with Crippen molar-refractivity contribution in [3.63, 3.8) is 0 Å². The van der Waals surface area contributed by atoms with Gasteiger partial charge in [-0.25, -0.2) is 0 Å². The van der Waals surface area contributed by atoms with Gasteiger partial charge in [-0.15, -0.1) is 0 Å². The van der Waals surface area contributed by atoms with Crippen molar-refractivity contribution in [1.29, 1.82) is 0 Å². The number of carbonyl (C=O) groups is 3. The lowest BCUT2D eigenvalue weighted by Crippen LogP contribution is -2.80. The zero-order chi connectivity index (χ0) is 30.6. The SMILES string of the molecule is COC1C2C(=O)c3c(O)c4c(c(CC=C(C)C)c3O[C@@]23[C@H]2C[C@@H]1C(=O)[C@]3(C/C=C(\C)C=O)OC2(C)C)OC(C)(C)C=C4. The molecule has 1 N–H and O–H groups in total. The maximum absolute atomic E-state index is 14.9. The van der Waals surface area contributed by atoms with Crippen molar-refractivity contribution in [2.45, 2.75) is 96.2 Å². The second kappa shape index (κ2) is 9.13. The summed E-state index contributed by atoms with van der Waals surface area (Å²) < 4.78 is 26.3. The molecule has 3 saturated carbocycles. The van der Waals surface area contributed by atoms with Gasteiger partial charge >= 0.3 is 0 Å². The summed E-state index contributed by atoms with van der Waals surface area (Å²) in [6.45, 7) is 13.4. The van der Waals surface area contributed by atoms with Crippen LogP contribution in [0.25, 0.3) is 6.08 Å². The molecule has 224 valence electrons. The number of ether oxygens (including phenoxy) is 4. The molecular formula is C34H40O8. The molecule has 6 aliphatic rings. The van der Waals surface area contributed by atoms with Gasteiger partial charge < -0.3 is 24.1 Å². The molecule has 1 aromatic rings. The van der Waals surface area contributed by atoms with Crippen LogP contribution < -0.4 is 9.47 Å². The van der Waals surface area contributed by atoms with Crippen LogP contribution >= 0.6 is 0 Å². The van der Waals surface area contributed by atoms with Gasteiger partial charge in [-0.2, -0.15) is 0 Å². The van der Waals surface area contributed by atoms with Crippen LogP contribution in [-0.4, -0.2) is 58.6 Å². The highest BCUT2D eigenvalue weighted by Gasteiger charge is 2.85. The van der Waals surface area contributed by atoms with Crippen molar-refractivity contribution in [2.24, 2.45) is 17.8 Å². The fourth-order valence-electron chi connectivity index (χ4n) is 8.28. The molecule has 2 unspecified atom stereocenters. The molecule has 1 saturated heterocycles. The minimum absolute atomic E-state index is 0.0783. The van der Waals surface area contributed by atoms with Crippen molar-refractivity contribution in [2.75, 3.05) is 7.11 Å². The Labute approximate surface area is 246 Å². The van der Waals surface area contributed by atoms with Crippen LogP contribution in [0.3, 0.4) is 0 Å². The second-order valence-electron chi connectivity index (χ2n) is 13.8. The van der Waals surface area contributed by atoms with Crippen molar-refractivity contribution in [3.05, 3.63) is 46.1 Å². The van der Waals surface area contributed by atoms with Crippen molar-refractivity contribution >= 4 is 23.9 Å². The first-order valence-corrected chi connectivity index (χ1v) is 14.7. The van der Waals surface area contributed by atoms with Crippen LogP contribution in [0.4, 0.5) is 0 Å². The molecule has 0 radical (unpaired) electrons. The molecule has 3 aliphatic heterocycles. The number of carbonyl (C=O) groups excluding carboxylic acids is 3. The highest BCUT2D eigenvalue weighted by Crippen LogP contribution is 2.70. The van der Waals surface area contributed by atoms with E-state index in [1.165, 1.54) is 7.11 Å². The van der Waals surface area contributed by atoms with Crippen LogP contribution in [0, 0.1) is 17.8 Å². The van der Waals surface area contributed by atoms with Gasteiger partial charge in [0.2, 0.25) is 0 Å². The van der Waals surface area contributed by atoms with Gasteiger partial charge in [0, 0.05) is 30.9 Å². The molecule has 8 heteroatoms. The van der Waals surface area contributed by atoms with Crippen LogP contribution in [0.5, 0.6) is 17.2 Å². The smallest absolute Gasteiger partial charge is 0.180 e. The quantitative estimate of drug-likeness (QED) is 0.275. The average molecular weight is 577 g/mol. The third-order valence-electron chi connectivity index (χ3n) is 10.0. The van der Waals surface area contributed by atoms with Crippen LogP contribution in [0.15, 0.2) is 29.4 Å². The summed E-state index contributed by atoms with van der Waals surface area (Å²) in [5.41, 5.74) is -1.74. The highest BCUT2D eigenvalue weighted by molar-refractivity contribution is 6.10. The van der Waals surface area contributed by atoms with E-state index in [2.05, 4.69) is 0 Å². The van der Waals surface area contributed by atoms with E-state index in [-0.39, 0.29) is 41.0 Å². The second-order valence-corrected chi connectivity index (χ2v) is 13.8. The normalized spacial score (nSPS) is 34.6. The topological polar surface area (TPSA) is 108 Å². The molecule has 8 nitrogen and oxygen atoms in total. The lowest BCUT2D eigenvalue weighted by atomic mass is 9.45. The molecule has 4 fully saturated rings. The Kier molecular flexibility index (Phi) is 6.28. The molecule has 1 aromatic carbocycles. The van der Waals surface area contributed by atoms with E-state index in [1.807, 2.05) is 53.7 Å². The predicted octanol–water partition coefficient (Wildman–Crippen LogP) is 5.33. The van der Waals surface area contributed by atoms with Gasteiger partial charge in [-0.3, -0.25) is 14.4 Å². The number of Topliss-reactive ketones (excluding diaryl/α,β-unsaturated/α-hetero) is 2. The number of rotatable bonds is 6. The third kappa shape index (κ3) is 3.57. The summed E-state index contributed by atoms with van der Waals surface area (Å²) in [5, 5.41) is 11.7. The van der Waals surface area contributed by atoms with Gasteiger partial charge in [0.25, 0.3) is 0 Å².